The molecule has 0 aliphatic carbocycles. The van der Waals surface area contributed by atoms with Crippen molar-refractivity contribution >= 4 is 23.1 Å². The molecule has 2 heterocycles. The topological polar surface area (TPSA) is 20.3 Å². The van der Waals surface area contributed by atoms with Gasteiger partial charge >= 0.3 is 0 Å². The fourth-order valence-electron chi connectivity index (χ4n) is 2.46. The number of hydrogen-bond acceptors (Lipinski definition) is 2. The van der Waals surface area contributed by atoms with Crippen molar-refractivity contribution in [3.63, 3.8) is 0 Å². The average molecular weight is 234 g/mol. The summed E-state index contributed by atoms with van der Waals surface area (Å²) in [5.41, 5.74) is 3.67. The summed E-state index contributed by atoms with van der Waals surface area (Å²) >= 11 is 5.99. The van der Waals surface area contributed by atoms with Crippen molar-refractivity contribution in [1.82, 2.24) is 0 Å². The molecular weight excluding hydrogens is 222 g/mol. The highest BCUT2D eigenvalue weighted by atomic mass is 35.5. The number of hydrogen-bond donors (Lipinski definition) is 0. The molecule has 0 unspecified atom stereocenters. The summed E-state index contributed by atoms with van der Waals surface area (Å²) in [7, 11) is 0. The molecule has 0 aromatic heterocycles. The number of carbonyl (C=O) groups excluding carboxylic acids is 1. The van der Waals surface area contributed by atoms with E-state index >= 15 is 0 Å². The van der Waals surface area contributed by atoms with E-state index in [1.165, 1.54) is 11.3 Å². The maximum atomic E-state index is 11.4. The third-order valence-electron chi connectivity index (χ3n) is 3.24. The zero-order valence-corrected chi connectivity index (χ0v) is 9.63. The van der Waals surface area contributed by atoms with E-state index in [4.69, 9.17) is 11.6 Å². The van der Waals surface area contributed by atoms with Crippen molar-refractivity contribution in [3.8, 4) is 0 Å². The lowest BCUT2D eigenvalue weighted by atomic mass is 9.95. The Kier molecular flexibility index (Phi) is 2.25. The van der Waals surface area contributed by atoms with Crippen molar-refractivity contribution in [2.45, 2.75) is 19.3 Å². The van der Waals surface area contributed by atoms with E-state index < -0.39 is 0 Å². The van der Waals surface area contributed by atoms with Crippen LogP contribution in [-0.2, 0) is 11.2 Å². The van der Waals surface area contributed by atoms with Crippen molar-refractivity contribution in [1.29, 1.82) is 0 Å². The van der Waals surface area contributed by atoms with Crippen LogP contribution >= 0.6 is 11.6 Å². The van der Waals surface area contributed by atoms with Crippen LogP contribution in [0.2, 0.25) is 5.02 Å². The minimum absolute atomic E-state index is 0.253. The molecule has 16 heavy (non-hydrogen) atoms. The lowest BCUT2D eigenvalue weighted by molar-refractivity contribution is -0.114. The summed E-state index contributed by atoms with van der Waals surface area (Å²) in [5, 5.41) is 0.791. The monoisotopic (exact) mass is 233 g/mol. The molecule has 0 bridgehead atoms. The highest BCUT2D eigenvalue weighted by Crippen LogP contribution is 2.35. The Morgan fingerprint density at radius 2 is 2.06 bits per heavy atom. The summed E-state index contributed by atoms with van der Waals surface area (Å²) < 4.78 is 0. The number of anilines is 1. The van der Waals surface area contributed by atoms with Crippen LogP contribution in [0.5, 0.6) is 0 Å². The first-order chi connectivity index (χ1) is 7.74. The van der Waals surface area contributed by atoms with Gasteiger partial charge in [-0.05, 0) is 36.6 Å². The smallest absolute Gasteiger partial charge is 0.159 e. The third-order valence-corrected chi connectivity index (χ3v) is 3.47. The molecule has 0 saturated heterocycles. The average Bonchev–Trinajstić information content (AvgIpc) is 2.28. The van der Waals surface area contributed by atoms with Gasteiger partial charge in [-0.15, -0.1) is 0 Å². The normalized spacial score (nSPS) is 18.9. The van der Waals surface area contributed by atoms with Gasteiger partial charge < -0.3 is 4.90 Å². The SMILES string of the molecule is O=C1C=C2CCc3cc(Cl)ccc3N2CC1. The van der Waals surface area contributed by atoms with Gasteiger partial charge in [-0.25, -0.2) is 0 Å². The van der Waals surface area contributed by atoms with Crippen LogP contribution in [0.4, 0.5) is 5.69 Å². The van der Waals surface area contributed by atoms with E-state index in [9.17, 15) is 4.79 Å². The Morgan fingerprint density at radius 1 is 1.19 bits per heavy atom. The highest BCUT2D eigenvalue weighted by Gasteiger charge is 2.25. The summed E-state index contributed by atoms with van der Waals surface area (Å²) in [5.74, 6) is 0.253. The molecule has 0 spiro atoms. The standard InChI is InChI=1S/C13H12ClNO/c14-10-2-4-13-9(7-10)1-3-11-8-12(16)5-6-15(11)13/h2,4,7-8H,1,3,5-6H2. The number of carbonyl (C=O) groups is 1. The molecular formula is C13H12ClNO. The van der Waals surface area contributed by atoms with Crippen LogP contribution in [-0.4, -0.2) is 12.3 Å². The zero-order chi connectivity index (χ0) is 11.1. The Balaban J connectivity index is 2.07. The van der Waals surface area contributed by atoms with Crippen LogP contribution in [0.25, 0.3) is 0 Å². The Hall–Kier alpha value is -1.28. The van der Waals surface area contributed by atoms with Gasteiger partial charge in [-0.2, -0.15) is 0 Å². The molecule has 82 valence electrons. The summed E-state index contributed by atoms with van der Waals surface area (Å²) in [6, 6.07) is 6.00. The number of rotatable bonds is 0. The van der Waals surface area contributed by atoms with Gasteiger partial charge in [0.1, 0.15) is 0 Å². The molecule has 0 saturated carbocycles. The fourth-order valence-corrected chi connectivity index (χ4v) is 2.66. The van der Waals surface area contributed by atoms with Crippen LogP contribution < -0.4 is 4.90 Å². The Bertz CT molecular complexity index is 493. The number of halogens is 1. The highest BCUT2D eigenvalue weighted by molar-refractivity contribution is 6.30. The van der Waals surface area contributed by atoms with Gasteiger partial charge in [0.2, 0.25) is 0 Å². The van der Waals surface area contributed by atoms with Crippen LogP contribution in [0.1, 0.15) is 18.4 Å². The second-order valence-corrected chi connectivity index (χ2v) is 4.71. The number of aryl methyl sites for hydroxylation is 1. The maximum Gasteiger partial charge on any atom is 0.159 e. The van der Waals surface area contributed by atoms with Gasteiger partial charge in [0.15, 0.2) is 5.78 Å². The molecule has 0 atom stereocenters. The minimum atomic E-state index is 0.253. The van der Waals surface area contributed by atoms with Gasteiger partial charge in [0, 0.05) is 35.4 Å². The Labute approximate surface area is 99.5 Å². The zero-order valence-electron chi connectivity index (χ0n) is 8.87. The Morgan fingerprint density at radius 3 is 2.94 bits per heavy atom. The fraction of sp³-hybridized carbons (Fsp3) is 0.308. The molecule has 2 aliphatic heterocycles. The largest absolute Gasteiger partial charge is 0.344 e. The molecule has 3 heteroatoms. The number of fused-ring (bicyclic) bond motifs is 3. The number of benzene rings is 1. The van der Waals surface area contributed by atoms with E-state index in [1.54, 1.807) is 6.08 Å². The van der Waals surface area contributed by atoms with Gasteiger partial charge in [0.05, 0.1) is 0 Å². The summed E-state index contributed by atoms with van der Waals surface area (Å²) in [4.78, 5) is 13.6. The van der Waals surface area contributed by atoms with Crippen molar-refractivity contribution < 1.29 is 4.79 Å². The predicted octanol–water partition coefficient (Wildman–Crippen LogP) is 2.95. The lowest BCUT2D eigenvalue weighted by Gasteiger charge is -2.35. The minimum Gasteiger partial charge on any atom is -0.344 e. The van der Waals surface area contributed by atoms with Gasteiger partial charge in [0.25, 0.3) is 0 Å². The lowest BCUT2D eigenvalue weighted by Crippen LogP contribution is -2.33. The van der Waals surface area contributed by atoms with Crippen molar-refractivity contribution in [2.24, 2.45) is 0 Å². The maximum absolute atomic E-state index is 11.4. The first-order valence-electron chi connectivity index (χ1n) is 5.53. The molecule has 0 radical (unpaired) electrons. The molecule has 0 N–H and O–H groups in total. The predicted molar refractivity (Wildman–Crippen MR) is 64.8 cm³/mol. The second kappa shape index (κ2) is 3.63. The van der Waals surface area contributed by atoms with Crippen LogP contribution in [0, 0.1) is 0 Å². The van der Waals surface area contributed by atoms with Gasteiger partial charge in [-0.3, -0.25) is 4.79 Å². The third kappa shape index (κ3) is 1.54. The van der Waals surface area contributed by atoms with E-state index in [2.05, 4.69) is 11.0 Å². The first kappa shape index (κ1) is 9.91. The van der Waals surface area contributed by atoms with E-state index in [0.29, 0.717) is 6.42 Å². The van der Waals surface area contributed by atoms with Crippen molar-refractivity contribution in [2.75, 3.05) is 11.4 Å². The number of ketones is 1. The summed E-state index contributed by atoms with van der Waals surface area (Å²) in [6.45, 7) is 0.805. The number of nitrogens with zero attached hydrogens (tertiary/aromatic N) is 1. The molecule has 2 nitrogen and oxygen atoms in total. The number of allylic oxidation sites excluding steroid dienone is 2. The summed E-state index contributed by atoms with van der Waals surface area (Å²) in [6.07, 6.45) is 4.33. The second-order valence-electron chi connectivity index (χ2n) is 4.28. The van der Waals surface area contributed by atoms with E-state index in [-0.39, 0.29) is 5.78 Å². The molecule has 0 amide bonds. The van der Waals surface area contributed by atoms with Crippen molar-refractivity contribution in [3.05, 3.63) is 40.6 Å². The first-order valence-corrected chi connectivity index (χ1v) is 5.91. The molecule has 1 aromatic carbocycles. The molecule has 1 aromatic rings. The molecule has 2 aliphatic rings. The van der Waals surface area contributed by atoms with Gasteiger partial charge in [-0.1, -0.05) is 11.6 Å². The van der Waals surface area contributed by atoms with Crippen LogP contribution in [0.15, 0.2) is 30.0 Å². The quantitative estimate of drug-likeness (QED) is 0.687. The van der Waals surface area contributed by atoms with E-state index in [0.717, 1.165) is 30.1 Å². The molecule has 3 rings (SSSR count). The molecule has 0 fully saturated rings. The van der Waals surface area contributed by atoms with E-state index in [1.807, 2.05) is 12.1 Å². The van der Waals surface area contributed by atoms with Crippen LogP contribution in [0.3, 0.4) is 0 Å².